The van der Waals surface area contributed by atoms with Crippen molar-refractivity contribution in [3.63, 3.8) is 0 Å². The van der Waals surface area contributed by atoms with Crippen molar-refractivity contribution >= 4 is 24.0 Å². The first-order valence-corrected chi connectivity index (χ1v) is 17.3. The van der Waals surface area contributed by atoms with Gasteiger partial charge < -0.3 is 52.3 Å². The van der Waals surface area contributed by atoms with Crippen LogP contribution in [0.1, 0.15) is 26.7 Å². The van der Waals surface area contributed by atoms with Crippen molar-refractivity contribution in [3.8, 4) is 23.0 Å². The summed E-state index contributed by atoms with van der Waals surface area (Å²) in [5.74, 6) is 0.0173. The second-order valence-electron chi connectivity index (χ2n) is 11.8. The molecule has 0 aromatic heterocycles. The molecule has 2 heterocycles. The molecule has 16 heteroatoms. The largest absolute Gasteiger partial charge is 0.490 e. The number of para-hydroxylation sites is 4. The molecule has 16 nitrogen and oxygen atoms in total. The van der Waals surface area contributed by atoms with Crippen LogP contribution >= 0.6 is 0 Å². The monoisotopic (exact) mass is 732 g/mol. The lowest BCUT2D eigenvalue weighted by atomic mass is 9.96. The zero-order valence-electron chi connectivity index (χ0n) is 29.9. The second-order valence-corrected chi connectivity index (χ2v) is 11.8. The van der Waals surface area contributed by atoms with Gasteiger partial charge in [-0.15, -0.1) is 0 Å². The molecule has 2 saturated heterocycles. The van der Waals surface area contributed by atoms with Gasteiger partial charge in [0, 0.05) is 13.2 Å². The van der Waals surface area contributed by atoms with E-state index in [1.807, 2.05) is 50.2 Å². The quantitative estimate of drug-likeness (QED) is 0.153. The van der Waals surface area contributed by atoms with Gasteiger partial charge in [0.05, 0.1) is 51.5 Å². The lowest BCUT2D eigenvalue weighted by Gasteiger charge is -2.32. The summed E-state index contributed by atoms with van der Waals surface area (Å²) < 4.78 is 54.7. The van der Waals surface area contributed by atoms with Crippen LogP contribution in [0.4, 0.5) is 4.79 Å². The first kappa shape index (κ1) is 40.0. The number of hydrogen-bond acceptors (Lipinski definition) is 15. The number of amides is 1. The Morgan fingerprint density at radius 3 is 1.81 bits per heavy atom. The SMILES string of the molecule is CCOc1ccccc1OCC1CC(C(=O)OCOC(=O)CN(C)CC(=O)OCOC(=O)N2CCOC(COc3ccccc3OCC)C2)CCO1. The molecule has 2 aromatic carbocycles. The van der Waals surface area contributed by atoms with Crippen LogP contribution in [-0.2, 0) is 42.8 Å². The maximum Gasteiger partial charge on any atom is 0.412 e. The van der Waals surface area contributed by atoms with E-state index < -0.39 is 49.6 Å². The first-order valence-electron chi connectivity index (χ1n) is 17.3. The summed E-state index contributed by atoms with van der Waals surface area (Å²) in [6, 6.07) is 14.6. The molecule has 0 N–H and O–H groups in total. The van der Waals surface area contributed by atoms with Gasteiger partial charge in [0.2, 0.25) is 13.6 Å². The van der Waals surface area contributed by atoms with Crippen LogP contribution < -0.4 is 18.9 Å². The lowest BCUT2D eigenvalue weighted by Crippen LogP contribution is -2.48. The molecule has 0 bridgehead atoms. The van der Waals surface area contributed by atoms with Crippen LogP contribution in [0.3, 0.4) is 0 Å². The van der Waals surface area contributed by atoms with Gasteiger partial charge in [0.15, 0.2) is 23.0 Å². The van der Waals surface area contributed by atoms with Crippen molar-refractivity contribution in [1.29, 1.82) is 0 Å². The lowest BCUT2D eigenvalue weighted by molar-refractivity contribution is -0.174. The van der Waals surface area contributed by atoms with Gasteiger partial charge in [-0.3, -0.25) is 19.3 Å². The van der Waals surface area contributed by atoms with E-state index >= 15 is 0 Å². The van der Waals surface area contributed by atoms with E-state index in [1.165, 1.54) is 16.8 Å². The van der Waals surface area contributed by atoms with Crippen molar-refractivity contribution in [2.45, 2.75) is 38.9 Å². The number of benzene rings is 2. The highest BCUT2D eigenvalue weighted by Gasteiger charge is 2.30. The van der Waals surface area contributed by atoms with Crippen LogP contribution in [0.25, 0.3) is 0 Å². The Morgan fingerprint density at radius 2 is 1.23 bits per heavy atom. The minimum Gasteiger partial charge on any atom is -0.490 e. The van der Waals surface area contributed by atoms with Gasteiger partial charge >= 0.3 is 24.0 Å². The molecule has 0 spiro atoms. The number of hydrogen-bond donors (Lipinski definition) is 0. The Morgan fingerprint density at radius 1 is 0.712 bits per heavy atom. The van der Waals surface area contributed by atoms with E-state index in [9.17, 15) is 19.2 Å². The van der Waals surface area contributed by atoms with Crippen molar-refractivity contribution < 1.29 is 66.5 Å². The fourth-order valence-corrected chi connectivity index (χ4v) is 5.35. The molecule has 2 aliphatic heterocycles. The molecule has 0 saturated carbocycles. The predicted octanol–water partition coefficient (Wildman–Crippen LogP) is 3.05. The van der Waals surface area contributed by atoms with Crippen molar-refractivity contribution in [2.75, 3.05) is 86.5 Å². The Balaban J connectivity index is 1.06. The number of esters is 3. The Labute approximate surface area is 303 Å². The Bertz CT molecular complexity index is 1340. The maximum absolute atomic E-state index is 12.6. The molecule has 2 aliphatic rings. The number of likely N-dealkylation sites (N-methyl/N-ethyl adjacent to an activating group) is 1. The molecule has 1 amide bonds. The van der Waals surface area contributed by atoms with Crippen LogP contribution in [0, 0.1) is 5.92 Å². The molecule has 2 fully saturated rings. The smallest absolute Gasteiger partial charge is 0.412 e. The van der Waals surface area contributed by atoms with E-state index in [0.29, 0.717) is 62.2 Å². The second kappa shape index (κ2) is 21.5. The van der Waals surface area contributed by atoms with Gasteiger partial charge in [0.25, 0.3) is 0 Å². The summed E-state index contributed by atoms with van der Waals surface area (Å²) in [7, 11) is 1.50. The zero-order valence-corrected chi connectivity index (χ0v) is 29.9. The fraction of sp³-hybridized carbons (Fsp3) is 0.556. The third-order valence-electron chi connectivity index (χ3n) is 7.87. The minimum atomic E-state index is -0.727. The molecule has 2 aromatic rings. The number of rotatable bonds is 19. The van der Waals surface area contributed by atoms with Crippen molar-refractivity contribution in [2.24, 2.45) is 5.92 Å². The molecule has 0 aliphatic carbocycles. The summed E-state index contributed by atoms with van der Waals surface area (Å²) in [4.78, 5) is 52.5. The third-order valence-corrected chi connectivity index (χ3v) is 7.87. The van der Waals surface area contributed by atoms with E-state index in [4.69, 9.17) is 47.4 Å². The Kier molecular flexibility index (Phi) is 16.6. The van der Waals surface area contributed by atoms with E-state index in [2.05, 4.69) is 0 Å². The highest BCUT2D eigenvalue weighted by atomic mass is 16.7. The van der Waals surface area contributed by atoms with Crippen LogP contribution in [0.2, 0.25) is 0 Å². The summed E-state index contributed by atoms with van der Waals surface area (Å²) >= 11 is 0. The van der Waals surface area contributed by atoms with Gasteiger partial charge in [0.1, 0.15) is 19.3 Å². The first-order chi connectivity index (χ1) is 25.2. The summed E-state index contributed by atoms with van der Waals surface area (Å²) in [6.07, 6.45) is -0.546. The van der Waals surface area contributed by atoms with Crippen molar-refractivity contribution in [1.82, 2.24) is 9.80 Å². The molecular weight excluding hydrogens is 684 g/mol. The minimum absolute atomic E-state index is 0.193. The molecular formula is C36H48N2O14. The van der Waals surface area contributed by atoms with Crippen LogP contribution in [0.15, 0.2) is 48.5 Å². The molecule has 4 rings (SSSR count). The molecule has 3 unspecified atom stereocenters. The average Bonchev–Trinajstić information content (AvgIpc) is 3.14. The average molecular weight is 733 g/mol. The normalized spacial score (nSPS) is 18.5. The summed E-state index contributed by atoms with van der Waals surface area (Å²) in [5, 5.41) is 0. The van der Waals surface area contributed by atoms with Crippen LogP contribution in [0.5, 0.6) is 23.0 Å². The summed E-state index contributed by atoms with van der Waals surface area (Å²) in [5.41, 5.74) is 0. The number of nitrogens with zero attached hydrogens (tertiary/aromatic N) is 2. The van der Waals surface area contributed by atoms with Gasteiger partial charge in [-0.25, -0.2) is 4.79 Å². The van der Waals surface area contributed by atoms with Crippen LogP contribution in [-0.4, -0.2) is 132 Å². The zero-order chi connectivity index (χ0) is 37.1. The van der Waals surface area contributed by atoms with Gasteiger partial charge in [-0.2, -0.15) is 0 Å². The van der Waals surface area contributed by atoms with E-state index in [-0.39, 0.29) is 45.6 Å². The Hall–Kier alpha value is -4.80. The maximum atomic E-state index is 12.6. The fourth-order valence-electron chi connectivity index (χ4n) is 5.35. The third kappa shape index (κ3) is 13.4. The topological polar surface area (TPSA) is 167 Å². The number of carbonyl (C=O) groups is 4. The van der Waals surface area contributed by atoms with Gasteiger partial charge in [-0.05, 0) is 58.0 Å². The molecule has 3 atom stereocenters. The number of ether oxygens (including phenoxy) is 10. The highest BCUT2D eigenvalue weighted by molar-refractivity contribution is 5.75. The van der Waals surface area contributed by atoms with E-state index in [0.717, 1.165) is 0 Å². The standard InChI is InChI=1S/C36H48N2O14/c1-4-43-29-10-6-8-12-31(29)47-22-27-18-26(14-16-45-27)35(41)51-24-49-33(39)20-37(3)21-34(40)50-25-52-36(42)38-15-17-46-28(19-38)23-48-32-13-9-7-11-30(32)44-5-2/h6-13,26-28H,4-5,14-25H2,1-3H3. The number of morpholine rings is 1. The highest BCUT2D eigenvalue weighted by Crippen LogP contribution is 2.29. The number of carbonyl (C=O) groups excluding carboxylic acids is 4. The predicted molar refractivity (Wildman–Crippen MR) is 182 cm³/mol. The summed E-state index contributed by atoms with van der Waals surface area (Å²) in [6.45, 7) is 4.62. The molecule has 0 radical (unpaired) electrons. The molecule has 286 valence electrons. The van der Waals surface area contributed by atoms with E-state index in [1.54, 1.807) is 12.1 Å². The van der Waals surface area contributed by atoms with Gasteiger partial charge in [-0.1, -0.05) is 24.3 Å². The molecule has 52 heavy (non-hydrogen) atoms. The van der Waals surface area contributed by atoms with Crippen molar-refractivity contribution in [3.05, 3.63) is 48.5 Å².